The fraction of sp³-hybridized carbons (Fsp3) is 0. The van der Waals surface area contributed by atoms with Gasteiger partial charge in [0, 0.05) is 27.9 Å². The molecule has 0 fully saturated rings. The Morgan fingerprint density at radius 3 is 2.89 bits per heavy atom. The number of carbonyl (C=O) groups is 1. The minimum absolute atomic E-state index is 0.134. The highest BCUT2D eigenvalue weighted by Gasteiger charge is 2.17. The van der Waals surface area contributed by atoms with E-state index >= 15 is 0 Å². The Labute approximate surface area is 168 Å². The Bertz CT molecular complexity index is 1180. The highest BCUT2D eigenvalue weighted by Crippen LogP contribution is 2.35. The molecule has 0 atom stereocenters. The zero-order valence-corrected chi connectivity index (χ0v) is 16.1. The molecule has 2 aromatic carbocycles. The quantitative estimate of drug-likeness (QED) is 0.574. The van der Waals surface area contributed by atoms with E-state index in [-0.39, 0.29) is 5.88 Å². The highest BCUT2D eigenvalue weighted by molar-refractivity contribution is 7.73. The summed E-state index contributed by atoms with van der Waals surface area (Å²) in [4.78, 5) is 17.3. The largest absolute Gasteiger partial charge is 0.492 e. The zero-order chi connectivity index (χ0) is 19.0. The summed E-state index contributed by atoms with van der Waals surface area (Å²) in [6.07, 6.45) is 3.54. The molecule has 0 spiro atoms. The third-order valence-electron chi connectivity index (χ3n) is 3.96. The van der Waals surface area contributed by atoms with Crippen LogP contribution in [-0.2, 0) is 0 Å². The second-order valence-corrected chi connectivity index (χ2v) is 7.83. The summed E-state index contributed by atoms with van der Waals surface area (Å²) < 4.78 is 1.51. The molecule has 0 bridgehead atoms. The molecule has 0 saturated heterocycles. The number of aromatic nitrogens is 1. The van der Waals surface area contributed by atoms with E-state index in [4.69, 9.17) is 23.8 Å². The van der Waals surface area contributed by atoms with E-state index in [0.717, 1.165) is 16.8 Å². The maximum absolute atomic E-state index is 12.4. The Morgan fingerprint density at radius 2 is 2.07 bits per heavy atom. The lowest BCUT2D eigenvalue weighted by Crippen LogP contribution is -2.22. The van der Waals surface area contributed by atoms with Gasteiger partial charge in [-0.15, -0.1) is 0 Å². The van der Waals surface area contributed by atoms with Crippen LogP contribution < -0.4 is 5.43 Å². The maximum atomic E-state index is 12.4. The van der Waals surface area contributed by atoms with Gasteiger partial charge in [-0.25, -0.2) is 0 Å². The normalized spacial score (nSPS) is 13.7. The Kier molecular flexibility index (Phi) is 4.65. The van der Waals surface area contributed by atoms with Crippen molar-refractivity contribution in [1.82, 2.24) is 4.68 Å². The van der Waals surface area contributed by atoms with Gasteiger partial charge in [-0.3, -0.25) is 15.2 Å². The summed E-state index contributed by atoms with van der Waals surface area (Å²) in [6, 6.07) is 14.3. The SMILES string of the molecule is O=C(Nn1c(O)c(/C=C2\C=Nc3ccccc32)sc1=S)c1cccc(Cl)c1. The van der Waals surface area contributed by atoms with Crippen molar-refractivity contribution < 1.29 is 9.90 Å². The van der Waals surface area contributed by atoms with Crippen molar-refractivity contribution in [2.24, 2.45) is 4.99 Å². The summed E-state index contributed by atoms with van der Waals surface area (Å²) in [5, 5.41) is 11.0. The molecule has 1 aliphatic heterocycles. The van der Waals surface area contributed by atoms with Crippen LogP contribution in [0.25, 0.3) is 11.6 Å². The Hall–Kier alpha value is -2.74. The van der Waals surface area contributed by atoms with Crippen molar-refractivity contribution in [2.45, 2.75) is 0 Å². The number of hydrogen-bond acceptors (Lipinski definition) is 5. The van der Waals surface area contributed by atoms with Gasteiger partial charge in [-0.05, 0) is 42.6 Å². The van der Waals surface area contributed by atoms with Crippen LogP contribution in [0.4, 0.5) is 5.69 Å². The second-order valence-electron chi connectivity index (χ2n) is 5.72. The van der Waals surface area contributed by atoms with E-state index in [1.54, 1.807) is 36.6 Å². The number of carbonyl (C=O) groups excluding carboxylic acids is 1. The number of fused-ring (bicyclic) bond motifs is 1. The van der Waals surface area contributed by atoms with E-state index in [9.17, 15) is 9.90 Å². The Balaban J connectivity index is 1.65. The van der Waals surface area contributed by atoms with Crippen molar-refractivity contribution in [1.29, 1.82) is 0 Å². The molecule has 2 N–H and O–H groups in total. The first-order valence-electron chi connectivity index (χ1n) is 7.90. The van der Waals surface area contributed by atoms with Crippen LogP contribution in [0.5, 0.6) is 5.88 Å². The predicted molar refractivity (Wildman–Crippen MR) is 112 cm³/mol. The molecule has 27 heavy (non-hydrogen) atoms. The number of amides is 1. The number of nitrogens with one attached hydrogen (secondary N) is 1. The highest BCUT2D eigenvalue weighted by atomic mass is 35.5. The smallest absolute Gasteiger partial charge is 0.270 e. The summed E-state index contributed by atoms with van der Waals surface area (Å²) in [5.74, 6) is -0.556. The van der Waals surface area contributed by atoms with Crippen LogP contribution in [-0.4, -0.2) is 21.9 Å². The van der Waals surface area contributed by atoms with Crippen LogP contribution >= 0.6 is 35.2 Å². The fourth-order valence-corrected chi connectivity index (χ4v) is 4.04. The standard InChI is InChI=1S/C19H12ClN3O2S2/c20-13-5-3-4-11(8-13)17(24)22-23-18(25)16(27-19(23)26)9-12-10-21-15-7-2-1-6-14(12)15/h1-10,25H,(H,22,24)/b12-9+. The van der Waals surface area contributed by atoms with Crippen LogP contribution in [0.2, 0.25) is 5.02 Å². The summed E-state index contributed by atoms with van der Waals surface area (Å²) in [5.41, 5.74) is 5.69. The van der Waals surface area contributed by atoms with Crippen LogP contribution in [0.1, 0.15) is 20.8 Å². The van der Waals surface area contributed by atoms with Gasteiger partial charge >= 0.3 is 0 Å². The van der Waals surface area contributed by atoms with Gasteiger partial charge in [0.15, 0.2) is 3.95 Å². The number of rotatable bonds is 3. The topological polar surface area (TPSA) is 66.6 Å². The molecule has 0 saturated carbocycles. The van der Waals surface area contributed by atoms with E-state index in [0.29, 0.717) is 19.4 Å². The summed E-state index contributed by atoms with van der Waals surface area (Å²) >= 11 is 12.4. The summed E-state index contributed by atoms with van der Waals surface area (Å²) in [7, 11) is 0. The number of aromatic hydroxyl groups is 1. The lowest BCUT2D eigenvalue weighted by atomic mass is 10.1. The third-order valence-corrected chi connectivity index (χ3v) is 5.50. The van der Waals surface area contributed by atoms with Gasteiger partial charge in [-0.2, -0.15) is 4.68 Å². The number of aliphatic imine (C=N–C) groups is 1. The van der Waals surface area contributed by atoms with Crippen molar-refractivity contribution in [3.05, 3.63) is 73.5 Å². The second kappa shape index (κ2) is 7.11. The zero-order valence-electron chi connectivity index (χ0n) is 13.7. The molecule has 0 aliphatic carbocycles. The van der Waals surface area contributed by atoms with Crippen LogP contribution in [0.15, 0.2) is 53.5 Å². The first-order valence-corrected chi connectivity index (χ1v) is 9.50. The molecular weight excluding hydrogens is 402 g/mol. The van der Waals surface area contributed by atoms with Crippen molar-refractivity contribution >= 4 is 64.6 Å². The van der Waals surface area contributed by atoms with E-state index in [2.05, 4.69) is 10.4 Å². The molecule has 5 nitrogen and oxygen atoms in total. The molecule has 3 aromatic rings. The predicted octanol–water partition coefficient (Wildman–Crippen LogP) is 5.28. The van der Waals surface area contributed by atoms with Crippen molar-refractivity contribution in [3.8, 4) is 5.88 Å². The first-order chi connectivity index (χ1) is 13.0. The van der Waals surface area contributed by atoms with Gasteiger partial charge in [0.25, 0.3) is 5.91 Å². The minimum Gasteiger partial charge on any atom is -0.492 e. The number of hydrogen-bond donors (Lipinski definition) is 2. The van der Waals surface area contributed by atoms with Gasteiger partial charge < -0.3 is 5.11 Å². The lowest BCUT2D eigenvalue weighted by molar-refractivity contribution is 0.101. The third kappa shape index (κ3) is 3.44. The van der Waals surface area contributed by atoms with Gasteiger partial charge in [-0.1, -0.05) is 47.2 Å². The van der Waals surface area contributed by atoms with E-state index in [1.165, 1.54) is 16.0 Å². The van der Waals surface area contributed by atoms with Crippen molar-refractivity contribution in [2.75, 3.05) is 5.43 Å². The molecule has 2 heterocycles. The monoisotopic (exact) mass is 413 g/mol. The maximum Gasteiger partial charge on any atom is 0.270 e. The van der Waals surface area contributed by atoms with Crippen LogP contribution in [0, 0.1) is 3.95 Å². The molecule has 1 aliphatic rings. The molecular formula is C19H12ClN3O2S2. The number of nitrogens with zero attached hydrogens (tertiary/aromatic N) is 2. The minimum atomic E-state index is -0.423. The van der Waals surface area contributed by atoms with Crippen molar-refractivity contribution in [3.63, 3.8) is 0 Å². The average molecular weight is 414 g/mol. The number of allylic oxidation sites excluding steroid dienone is 1. The van der Waals surface area contributed by atoms with Gasteiger partial charge in [0.05, 0.1) is 10.6 Å². The Morgan fingerprint density at radius 1 is 1.26 bits per heavy atom. The number of benzene rings is 2. The molecule has 8 heteroatoms. The first kappa shape index (κ1) is 17.7. The number of thiazole rings is 1. The van der Waals surface area contributed by atoms with E-state index in [1.807, 2.05) is 24.3 Å². The van der Waals surface area contributed by atoms with Gasteiger partial charge in [0.1, 0.15) is 0 Å². The average Bonchev–Trinajstić information content (AvgIpc) is 3.18. The van der Waals surface area contributed by atoms with E-state index < -0.39 is 5.91 Å². The number of para-hydroxylation sites is 1. The number of halogens is 1. The van der Waals surface area contributed by atoms with Crippen LogP contribution in [0.3, 0.4) is 0 Å². The molecule has 1 aromatic heterocycles. The fourth-order valence-electron chi connectivity index (χ4n) is 2.67. The molecule has 134 valence electrons. The molecule has 1 amide bonds. The lowest BCUT2D eigenvalue weighted by Gasteiger charge is -2.07. The molecule has 0 radical (unpaired) electrons. The van der Waals surface area contributed by atoms with Gasteiger partial charge in [0.2, 0.25) is 5.88 Å². The molecule has 0 unspecified atom stereocenters. The summed E-state index contributed by atoms with van der Waals surface area (Å²) in [6.45, 7) is 0. The molecule has 4 rings (SSSR count).